The van der Waals surface area contributed by atoms with E-state index in [9.17, 15) is 13.2 Å². The Balaban J connectivity index is 1.60. The van der Waals surface area contributed by atoms with Gasteiger partial charge >= 0.3 is 0 Å². The molecule has 3 N–H and O–H groups in total. The maximum Gasteiger partial charge on any atom is 0.224 e. The molecule has 2 aromatic carbocycles. The zero-order chi connectivity index (χ0) is 21.1. The van der Waals surface area contributed by atoms with E-state index in [1.165, 1.54) is 0 Å². The van der Waals surface area contributed by atoms with Crippen LogP contribution >= 0.6 is 11.6 Å². The number of benzene rings is 2. The van der Waals surface area contributed by atoms with Crippen LogP contribution in [0.4, 0.5) is 0 Å². The number of amides is 1. The third-order valence-electron chi connectivity index (χ3n) is 5.83. The van der Waals surface area contributed by atoms with Crippen molar-refractivity contribution in [3.05, 3.63) is 64.7 Å². The molecule has 7 heteroatoms. The summed E-state index contributed by atoms with van der Waals surface area (Å²) in [6, 6.07) is 14.5. The van der Waals surface area contributed by atoms with E-state index in [2.05, 4.69) is 11.4 Å². The Labute approximate surface area is 177 Å². The monoisotopic (exact) mass is 434 g/mol. The fourth-order valence-electron chi connectivity index (χ4n) is 4.09. The highest BCUT2D eigenvalue weighted by atomic mass is 35.5. The Hall–Kier alpha value is -1.89. The maximum atomic E-state index is 12.5. The van der Waals surface area contributed by atoms with Gasteiger partial charge in [0.1, 0.15) is 0 Å². The van der Waals surface area contributed by atoms with Crippen molar-refractivity contribution in [1.82, 2.24) is 5.32 Å². The molecule has 0 atom stereocenters. The number of carbonyl (C=O) groups is 1. The molecular weight excluding hydrogens is 408 g/mol. The molecule has 29 heavy (non-hydrogen) atoms. The lowest BCUT2D eigenvalue weighted by Crippen LogP contribution is -2.45. The average molecular weight is 435 g/mol. The second kappa shape index (κ2) is 8.86. The molecule has 0 bridgehead atoms. The van der Waals surface area contributed by atoms with Gasteiger partial charge in [-0.25, -0.2) is 8.42 Å². The number of hydrogen-bond donors (Lipinski definition) is 2. The van der Waals surface area contributed by atoms with Crippen LogP contribution in [0.5, 0.6) is 0 Å². The first-order chi connectivity index (χ1) is 13.7. The van der Waals surface area contributed by atoms with E-state index in [0.29, 0.717) is 17.1 Å². The van der Waals surface area contributed by atoms with Crippen molar-refractivity contribution in [2.24, 2.45) is 5.73 Å². The van der Waals surface area contributed by atoms with Gasteiger partial charge in [0.05, 0.1) is 11.3 Å². The highest BCUT2D eigenvalue weighted by Crippen LogP contribution is 2.39. The third-order valence-corrected chi connectivity index (χ3v) is 7.17. The van der Waals surface area contributed by atoms with Gasteiger partial charge in [0, 0.05) is 29.3 Å². The van der Waals surface area contributed by atoms with Crippen LogP contribution in [0.2, 0.25) is 5.02 Å². The lowest BCUT2D eigenvalue weighted by atomic mass is 9.68. The summed E-state index contributed by atoms with van der Waals surface area (Å²) in [5.74, 6) is -0.0938. The van der Waals surface area contributed by atoms with Gasteiger partial charge in [-0.3, -0.25) is 4.79 Å². The van der Waals surface area contributed by atoms with Gasteiger partial charge in [-0.15, -0.1) is 0 Å². The molecule has 0 aromatic heterocycles. The Morgan fingerprint density at radius 2 is 1.86 bits per heavy atom. The molecule has 1 fully saturated rings. The first kappa shape index (κ1) is 21.8. The van der Waals surface area contributed by atoms with Crippen molar-refractivity contribution in [1.29, 1.82) is 0 Å². The first-order valence-electron chi connectivity index (χ1n) is 9.76. The number of hydrogen-bond acceptors (Lipinski definition) is 4. The summed E-state index contributed by atoms with van der Waals surface area (Å²) >= 11 is 6.16. The summed E-state index contributed by atoms with van der Waals surface area (Å²) < 4.78 is 23.4. The number of nitrogens with one attached hydrogen (secondary N) is 1. The lowest BCUT2D eigenvalue weighted by Gasteiger charge is -2.40. The molecule has 156 valence electrons. The van der Waals surface area contributed by atoms with E-state index < -0.39 is 9.84 Å². The van der Waals surface area contributed by atoms with Crippen molar-refractivity contribution in [3.8, 4) is 0 Å². The van der Waals surface area contributed by atoms with Gasteiger partial charge in [-0.2, -0.15) is 0 Å². The molecule has 0 unspecified atom stereocenters. The van der Waals surface area contributed by atoms with Crippen LogP contribution in [-0.4, -0.2) is 33.2 Å². The zero-order valence-electron chi connectivity index (χ0n) is 16.5. The number of halogens is 1. The van der Waals surface area contributed by atoms with E-state index >= 15 is 0 Å². The smallest absolute Gasteiger partial charge is 0.224 e. The van der Waals surface area contributed by atoms with Crippen LogP contribution in [-0.2, 0) is 26.5 Å². The minimum Gasteiger partial charge on any atom is -0.353 e. The van der Waals surface area contributed by atoms with Gasteiger partial charge in [0.15, 0.2) is 9.84 Å². The Morgan fingerprint density at radius 3 is 2.48 bits per heavy atom. The summed E-state index contributed by atoms with van der Waals surface area (Å²) in [4.78, 5) is 12.7. The van der Waals surface area contributed by atoms with E-state index in [1.807, 2.05) is 18.2 Å². The topological polar surface area (TPSA) is 89.3 Å². The Kier molecular flexibility index (Phi) is 6.66. The van der Waals surface area contributed by atoms with Gasteiger partial charge < -0.3 is 11.1 Å². The number of nitrogens with two attached hydrogens (primary N) is 1. The molecule has 0 spiro atoms. The number of rotatable bonds is 6. The normalized spacial score (nSPS) is 22.2. The molecule has 1 aliphatic carbocycles. The lowest BCUT2D eigenvalue weighted by molar-refractivity contribution is -0.121. The largest absolute Gasteiger partial charge is 0.353 e. The second-order valence-electron chi connectivity index (χ2n) is 7.93. The van der Waals surface area contributed by atoms with Crippen LogP contribution in [0.1, 0.15) is 36.8 Å². The molecule has 1 amide bonds. The average Bonchev–Trinajstić information content (AvgIpc) is 2.68. The predicted molar refractivity (Wildman–Crippen MR) is 116 cm³/mol. The molecular formula is C22H27ClN2O3S. The van der Waals surface area contributed by atoms with Crippen molar-refractivity contribution >= 4 is 27.3 Å². The summed E-state index contributed by atoms with van der Waals surface area (Å²) in [6.07, 6.45) is 4.79. The molecule has 3 rings (SSSR count). The summed E-state index contributed by atoms with van der Waals surface area (Å²) in [7, 11) is -3.29. The summed E-state index contributed by atoms with van der Waals surface area (Å²) in [5.41, 5.74) is 7.89. The van der Waals surface area contributed by atoms with Crippen LogP contribution < -0.4 is 11.1 Å². The minimum absolute atomic E-state index is 0.0938. The molecule has 0 saturated heterocycles. The van der Waals surface area contributed by atoms with Crippen molar-refractivity contribution < 1.29 is 13.2 Å². The van der Waals surface area contributed by atoms with Gasteiger partial charge in [-0.1, -0.05) is 35.9 Å². The summed E-state index contributed by atoms with van der Waals surface area (Å²) in [6.45, 7) is 0.548. The van der Waals surface area contributed by atoms with E-state index in [1.54, 1.807) is 24.3 Å². The second-order valence-corrected chi connectivity index (χ2v) is 10.4. The molecule has 0 radical (unpaired) electrons. The van der Waals surface area contributed by atoms with E-state index in [4.69, 9.17) is 17.3 Å². The first-order valence-corrected chi connectivity index (χ1v) is 12.0. The van der Waals surface area contributed by atoms with Crippen LogP contribution in [0, 0.1) is 0 Å². The standard InChI is InChI=1S/C22H27ClN2O3S/c1-29(27,28)20-7-2-4-16(12-20)13-21(26)25-19-8-10-22(15-24,11-9-19)17-5-3-6-18(23)14-17/h2-7,12,14,19H,8-11,13,15,24H2,1H3,(H,25,26). The quantitative estimate of drug-likeness (QED) is 0.730. The van der Waals surface area contributed by atoms with Crippen LogP contribution in [0.25, 0.3) is 0 Å². The van der Waals surface area contributed by atoms with Crippen molar-refractivity contribution in [2.75, 3.05) is 12.8 Å². The number of carbonyl (C=O) groups excluding carboxylic acids is 1. The fourth-order valence-corrected chi connectivity index (χ4v) is 4.98. The molecule has 1 saturated carbocycles. The van der Waals surface area contributed by atoms with E-state index in [0.717, 1.165) is 37.5 Å². The van der Waals surface area contributed by atoms with Crippen LogP contribution in [0.15, 0.2) is 53.4 Å². The Morgan fingerprint density at radius 1 is 1.17 bits per heavy atom. The molecule has 0 heterocycles. The Bertz CT molecular complexity index is 983. The number of sulfone groups is 1. The summed E-state index contributed by atoms with van der Waals surface area (Å²) in [5, 5.41) is 3.81. The van der Waals surface area contributed by atoms with Gasteiger partial charge in [-0.05, 0) is 61.1 Å². The minimum atomic E-state index is -3.29. The zero-order valence-corrected chi connectivity index (χ0v) is 18.1. The van der Waals surface area contributed by atoms with E-state index in [-0.39, 0.29) is 28.7 Å². The van der Waals surface area contributed by atoms with Crippen molar-refractivity contribution in [3.63, 3.8) is 0 Å². The third kappa shape index (κ3) is 5.38. The predicted octanol–water partition coefficient (Wildman–Crippen LogP) is 3.24. The molecule has 2 aromatic rings. The molecule has 1 aliphatic rings. The molecule has 0 aliphatic heterocycles. The van der Waals surface area contributed by atoms with Crippen molar-refractivity contribution in [2.45, 2.75) is 48.5 Å². The van der Waals surface area contributed by atoms with Gasteiger partial charge in [0.2, 0.25) is 5.91 Å². The van der Waals surface area contributed by atoms with Gasteiger partial charge in [0.25, 0.3) is 0 Å². The highest BCUT2D eigenvalue weighted by Gasteiger charge is 2.36. The molecule has 5 nitrogen and oxygen atoms in total. The maximum absolute atomic E-state index is 12.5. The fraction of sp³-hybridized carbons (Fsp3) is 0.409. The highest BCUT2D eigenvalue weighted by molar-refractivity contribution is 7.90. The SMILES string of the molecule is CS(=O)(=O)c1cccc(CC(=O)NC2CCC(CN)(c3cccc(Cl)c3)CC2)c1. The van der Waals surface area contributed by atoms with Crippen LogP contribution in [0.3, 0.4) is 0 Å².